The Kier molecular flexibility index (Phi) is 3.85. The van der Waals surface area contributed by atoms with Crippen LogP contribution < -0.4 is 10.1 Å². The number of pyridine rings is 1. The van der Waals surface area contributed by atoms with Crippen LogP contribution in [0.5, 0.6) is 11.8 Å². The van der Waals surface area contributed by atoms with Crippen molar-refractivity contribution in [3.8, 4) is 23.0 Å². The van der Waals surface area contributed by atoms with E-state index in [1.54, 1.807) is 12.4 Å². The van der Waals surface area contributed by atoms with Crippen molar-refractivity contribution in [2.45, 2.75) is 32.6 Å². The number of amides is 1. The molecule has 0 aromatic carbocycles. The van der Waals surface area contributed by atoms with Gasteiger partial charge in [-0.25, -0.2) is 19.3 Å². The number of hydrogen-bond donors (Lipinski definition) is 2. The smallest absolute Gasteiger partial charge is 0.258 e. The number of aromatic amines is 1. The fraction of sp³-hybridized carbons (Fsp3) is 0.300. The second-order valence-corrected chi connectivity index (χ2v) is 6.92. The minimum absolute atomic E-state index is 0.0956. The molecular formula is C20H18FN5O2. The number of rotatable bonds is 3. The largest absolute Gasteiger partial charge is 0.417 e. The number of hydrogen-bond acceptors (Lipinski definition) is 5. The molecule has 2 N–H and O–H groups in total. The second kappa shape index (κ2) is 6.40. The fourth-order valence-electron chi connectivity index (χ4n) is 3.98. The molecule has 8 heteroatoms. The minimum Gasteiger partial charge on any atom is -0.417 e. The van der Waals surface area contributed by atoms with E-state index >= 15 is 4.39 Å². The quantitative estimate of drug-likeness (QED) is 0.730. The van der Waals surface area contributed by atoms with Gasteiger partial charge in [0.1, 0.15) is 6.33 Å². The molecule has 1 aliphatic carbocycles. The van der Waals surface area contributed by atoms with Crippen LogP contribution in [-0.2, 0) is 25.7 Å². The van der Waals surface area contributed by atoms with Gasteiger partial charge in [-0.05, 0) is 30.4 Å². The Bertz CT molecular complexity index is 1110. The van der Waals surface area contributed by atoms with Gasteiger partial charge in [-0.2, -0.15) is 0 Å². The van der Waals surface area contributed by atoms with E-state index < -0.39 is 5.82 Å². The van der Waals surface area contributed by atoms with Crippen LogP contribution in [0.1, 0.15) is 39.7 Å². The number of nitrogens with zero attached hydrogens (tertiary/aromatic N) is 3. The molecular weight excluding hydrogens is 361 g/mol. The summed E-state index contributed by atoms with van der Waals surface area (Å²) in [6, 6.07) is 0. The van der Waals surface area contributed by atoms with Crippen molar-refractivity contribution in [2.75, 3.05) is 6.54 Å². The first kappa shape index (κ1) is 16.9. The standard InChI is InChI=1S/C20H18FN5O2/c1-2-10-7-22-9-25-19(10)28-20-16(21)14-11(8-24-20)3-4-12-15-13(26-17(12)14)5-6-23-18(15)27/h7-9,26H,2-6H2,1H3,(H,23,27). The maximum absolute atomic E-state index is 15.5. The molecule has 7 nitrogen and oxygen atoms in total. The Morgan fingerprint density at radius 2 is 2.04 bits per heavy atom. The summed E-state index contributed by atoms with van der Waals surface area (Å²) in [6.07, 6.45) is 7.32. The maximum atomic E-state index is 15.5. The molecule has 3 aromatic heterocycles. The lowest BCUT2D eigenvalue weighted by Crippen LogP contribution is -2.32. The normalized spacial score (nSPS) is 14.7. The highest BCUT2D eigenvalue weighted by Crippen LogP contribution is 2.41. The molecule has 0 bridgehead atoms. The van der Waals surface area contributed by atoms with Gasteiger partial charge in [-0.1, -0.05) is 6.92 Å². The number of H-pyrrole nitrogens is 1. The summed E-state index contributed by atoms with van der Waals surface area (Å²) in [7, 11) is 0. The Morgan fingerprint density at radius 3 is 2.89 bits per heavy atom. The highest BCUT2D eigenvalue weighted by molar-refractivity contribution is 6.00. The van der Waals surface area contributed by atoms with Gasteiger partial charge >= 0.3 is 0 Å². The van der Waals surface area contributed by atoms with E-state index in [2.05, 4.69) is 25.3 Å². The van der Waals surface area contributed by atoms with Crippen molar-refractivity contribution in [1.29, 1.82) is 0 Å². The highest BCUT2D eigenvalue weighted by atomic mass is 19.1. The molecule has 1 aliphatic heterocycles. The Morgan fingerprint density at radius 1 is 1.14 bits per heavy atom. The lowest BCUT2D eigenvalue weighted by atomic mass is 9.88. The minimum atomic E-state index is -0.543. The van der Waals surface area contributed by atoms with Gasteiger partial charge in [0.15, 0.2) is 5.82 Å². The van der Waals surface area contributed by atoms with Gasteiger partial charge in [0.05, 0.1) is 11.3 Å². The SMILES string of the molecule is CCc1cncnc1Oc1ncc2c(c1F)-c1[nH]c3c(c1CC2)C(=O)NCC3. The topological polar surface area (TPSA) is 92.8 Å². The van der Waals surface area contributed by atoms with E-state index in [9.17, 15) is 4.79 Å². The maximum Gasteiger partial charge on any atom is 0.258 e. The van der Waals surface area contributed by atoms with E-state index in [1.807, 2.05) is 6.92 Å². The van der Waals surface area contributed by atoms with Gasteiger partial charge in [0, 0.05) is 42.2 Å². The van der Waals surface area contributed by atoms with Gasteiger partial charge in [0.25, 0.3) is 11.8 Å². The van der Waals surface area contributed by atoms with Crippen LogP contribution in [0.4, 0.5) is 4.39 Å². The number of carbonyl (C=O) groups is 1. The van der Waals surface area contributed by atoms with E-state index in [1.165, 1.54) is 6.33 Å². The molecule has 3 aromatic rings. The van der Waals surface area contributed by atoms with Gasteiger partial charge in [0.2, 0.25) is 5.88 Å². The van der Waals surface area contributed by atoms with Crippen LogP contribution in [0.25, 0.3) is 11.3 Å². The van der Waals surface area contributed by atoms with Gasteiger partial charge in [-0.15, -0.1) is 0 Å². The van der Waals surface area contributed by atoms with Crippen LogP contribution >= 0.6 is 0 Å². The van der Waals surface area contributed by atoms with E-state index in [0.717, 1.165) is 22.4 Å². The van der Waals surface area contributed by atoms with Gasteiger partial charge < -0.3 is 15.0 Å². The molecule has 0 saturated carbocycles. The number of halogens is 1. The Balaban J connectivity index is 1.62. The van der Waals surface area contributed by atoms with Gasteiger partial charge in [-0.3, -0.25) is 4.79 Å². The van der Waals surface area contributed by atoms with E-state index in [4.69, 9.17) is 4.74 Å². The molecule has 5 rings (SSSR count). The fourth-order valence-corrected chi connectivity index (χ4v) is 3.98. The Labute approximate surface area is 160 Å². The number of ether oxygens (including phenoxy) is 1. The van der Waals surface area contributed by atoms with Crippen molar-refractivity contribution in [1.82, 2.24) is 25.3 Å². The van der Waals surface area contributed by atoms with Crippen molar-refractivity contribution >= 4 is 5.91 Å². The molecule has 0 unspecified atom stereocenters. The number of nitrogens with one attached hydrogen (secondary N) is 2. The first-order chi connectivity index (χ1) is 13.7. The molecule has 0 atom stereocenters. The third kappa shape index (κ3) is 2.48. The molecule has 0 saturated heterocycles. The zero-order chi connectivity index (χ0) is 19.3. The first-order valence-electron chi connectivity index (χ1n) is 9.33. The summed E-state index contributed by atoms with van der Waals surface area (Å²) in [5.74, 6) is -0.470. The van der Waals surface area contributed by atoms with Crippen molar-refractivity contribution in [3.05, 3.63) is 52.5 Å². The molecule has 28 heavy (non-hydrogen) atoms. The molecule has 4 heterocycles. The van der Waals surface area contributed by atoms with Crippen molar-refractivity contribution < 1.29 is 13.9 Å². The third-order valence-corrected chi connectivity index (χ3v) is 5.35. The zero-order valence-electron chi connectivity index (χ0n) is 15.3. The van der Waals surface area contributed by atoms with Crippen LogP contribution in [-0.4, -0.2) is 32.4 Å². The first-order valence-corrected chi connectivity index (χ1v) is 9.33. The predicted molar refractivity (Wildman–Crippen MR) is 98.9 cm³/mol. The average Bonchev–Trinajstić information content (AvgIpc) is 3.10. The van der Waals surface area contributed by atoms with Crippen molar-refractivity contribution in [3.63, 3.8) is 0 Å². The number of fused-ring (bicyclic) bond motifs is 5. The third-order valence-electron chi connectivity index (χ3n) is 5.35. The number of aromatic nitrogens is 4. The van der Waals surface area contributed by atoms with Crippen LogP contribution in [0, 0.1) is 5.82 Å². The summed E-state index contributed by atoms with van der Waals surface area (Å²) >= 11 is 0. The molecule has 0 fully saturated rings. The van der Waals surface area contributed by atoms with Crippen molar-refractivity contribution in [2.24, 2.45) is 0 Å². The molecule has 142 valence electrons. The predicted octanol–water partition coefficient (Wildman–Crippen LogP) is 2.75. The second-order valence-electron chi connectivity index (χ2n) is 6.92. The highest BCUT2D eigenvalue weighted by Gasteiger charge is 2.32. The molecule has 1 amide bonds. The van der Waals surface area contributed by atoms with Crippen LogP contribution in [0.15, 0.2) is 18.7 Å². The number of carbonyl (C=O) groups excluding carboxylic acids is 1. The zero-order valence-corrected chi connectivity index (χ0v) is 15.3. The summed E-state index contributed by atoms with van der Waals surface area (Å²) in [5.41, 5.74) is 5.06. The van der Waals surface area contributed by atoms with Crippen LogP contribution in [0.3, 0.4) is 0 Å². The summed E-state index contributed by atoms with van der Waals surface area (Å²) in [6.45, 7) is 2.53. The van der Waals surface area contributed by atoms with E-state index in [0.29, 0.717) is 54.9 Å². The monoisotopic (exact) mass is 379 g/mol. The molecule has 0 radical (unpaired) electrons. The molecule has 2 aliphatic rings. The summed E-state index contributed by atoms with van der Waals surface area (Å²) < 4.78 is 21.2. The summed E-state index contributed by atoms with van der Waals surface area (Å²) in [5, 5.41) is 2.87. The lowest BCUT2D eigenvalue weighted by Gasteiger charge is -2.19. The van der Waals surface area contributed by atoms with E-state index in [-0.39, 0.29) is 11.8 Å². The molecule has 0 spiro atoms. The van der Waals surface area contributed by atoms with Crippen LogP contribution in [0.2, 0.25) is 0 Å². The Hall–Kier alpha value is -3.29. The average molecular weight is 379 g/mol. The summed E-state index contributed by atoms with van der Waals surface area (Å²) in [4.78, 5) is 27.9. The lowest BCUT2D eigenvalue weighted by molar-refractivity contribution is 0.0945. The number of aryl methyl sites for hydroxylation is 2.